The van der Waals surface area contributed by atoms with Crippen molar-refractivity contribution in [3.05, 3.63) is 192 Å². The van der Waals surface area contributed by atoms with Crippen molar-refractivity contribution in [2.45, 2.75) is 120 Å². The van der Waals surface area contributed by atoms with Gasteiger partial charge in [0, 0.05) is 48.7 Å². The highest BCUT2D eigenvalue weighted by Gasteiger charge is 2.22. The van der Waals surface area contributed by atoms with Gasteiger partial charge in [0.05, 0.1) is 0 Å². The van der Waals surface area contributed by atoms with Gasteiger partial charge < -0.3 is 17.7 Å². The summed E-state index contributed by atoms with van der Waals surface area (Å²) in [6.45, 7) is 26.7. The second-order valence-electron chi connectivity index (χ2n) is 22.2. The first-order valence-electron chi connectivity index (χ1n) is 23.9. The van der Waals surface area contributed by atoms with E-state index in [1.165, 1.54) is 65.3 Å². The molecule has 0 aliphatic rings. The topological polar surface area (TPSA) is 52.6 Å². The van der Waals surface area contributed by atoms with E-state index in [2.05, 4.69) is 198 Å². The maximum atomic E-state index is 6.01. The number of fused-ring (bicyclic) bond motifs is 12. The first kappa shape index (κ1) is 50.8. The average Bonchev–Trinajstić information content (AvgIpc) is 4.08. The van der Waals surface area contributed by atoms with Gasteiger partial charge in [-0.05, 0) is 86.9 Å². The van der Waals surface area contributed by atoms with Crippen molar-refractivity contribution in [2.24, 2.45) is 0 Å². The Balaban J connectivity index is 0.000000136. The van der Waals surface area contributed by atoms with Crippen LogP contribution in [0.1, 0.15) is 120 Å². The highest BCUT2D eigenvalue weighted by Crippen LogP contribution is 2.39. The van der Waals surface area contributed by atoms with Crippen LogP contribution in [0.15, 0.2) is 188 Å². The Morgan fingerprint density at radius 2 is 0.629 bits per heavy atom. The molecule has 12 rings (SSSR count). The summed E-state index contributed by atoms with van der Waals surface area (Å²) in [4.78, 5) is 0. The molecule has 0 amide bonds. The summed E-state index contributed by atoms with van der Waals surface area (Å²) in [6, 6.07) is 58.6. The van der Waals surface area contributed by atoms with E-state index in [1.54, 1.807) is 0 Å². The van der Waals surface area contributed by atoms with Crippen LogP contribution in [-0.4, -0.2) is 0 Å². The predicted molar refractivity (Wildman–Crippen MR) is 303 cm³/mol. The molecule has 0 N–H and O–H groups in total. The lowest BCUT2D eigenvalue weighted by atomic mass is 9.84. The Labute approximate surface area is 415 Å². The smallest absolute Gasteiger partial charge is 0.139 e. The van der Waals surface area contributed by atoms with Gasteiger partial charge in [0.1, 0.15) is 44.7 Å². The second kappa shape index (κ2) is 19.4. The van der Waals surface area contributed by atoms with E-state index in [0.717, 1.165) is 44.7 Å². The maximum Gasteiger partial charge on any atom is 0.139 e. The summed E-state index contributed by atoms with van der Waals surface area (Å²) in [6.07, 6.45) is 0. The average molecular weight is 929 g/mol. The van der Waals surface area contributed by atoms with E-state index in [0.29, 0.717) is 0 Å². The van der Waals surface area contributed by atoms with Crippen molar-refractivity contribution in [1.29, 1.82) is 0 Å². The maximum absolute atomic E-state index is 6.01. The largest absolute Gasteiger partial charge is 0.456 e. The molecule has 4 aromatic heterocycles. The van der Waals surface area contributed by atoms with Crippen molar-refractivity contribution in [2.75, 3.05) is 0 Å². The Kier molecular flexibility index (Phi) is 14.1. The molecule has 360 valence electrons. The van der Waals surface area contributed by atoms with E-state index in [-0.39, 0.29) is 36.5 Å². The van der Waals surface area contributed by atoms with Gasteiger partial charge in [0.2, 0.25) is 0 Å². The quantitative estimate of drug-likeness (QED) is 0.152. The SMILES string of the molecule is C.C.CC(C)(C)c1ccc2c(c1)oc1ccccc12.CC(C)(C)c1ccc2oc3ccccc3c2c1.CC(C)(C)c1cccc2c1oc1ccccc12.CC(C)(C)c1cccc2oc3ccccc3c12. The highest BCUT2D eigenvalue weighted by atomic mass is 16.3. The monoisotopic (exact) mass is 929 g/mol. The zero-order valence-electron chi connectivity index (χ0n) is 41.8. The normalized spacial score (nSPS) is 12.1. The third-order valence-corrected chi connectivity index (χ3v) is 12.9. The van der Waals surface area contributed by atoms with Gasteiger partial charge in [-0.1, -0.05) is 219 Å². The number of rotatable bonds is 0. The van der Waals surface area contributed by atoms with Gasteiger partial charge in [-0.15, -0.1) is 0 Å². The van der Waals surface area contributed by atoms with Gasteiger partial charge in [-0.3, -0.25) is 0 Å². The first-order valence-corrected chi connectivity index (χ1v) is 23.9. The molecule has 0 saturated heterocycles. The lowest BCUT2D eigenvalue weighted by Crippen LogP contribution is -2.11. The summed E-state index contributed by atoms with van der Waals surface area (Å²) >= 11 is 0. The number of hydrogen-bond donors (Lipinski definition) is 0. The van der Waals surface area contributed by atoms with Crippen LogP contribution in [-0.2, 0) is 21.7 Å². The van der Waals surface area contributed by atoms with Gasteiger partial charge in [-0.2, -0.15) is 0 Å². The van der Waals surface area contributed by atoms with E-state index < -0.39 is 0 Å². The van der Waals surface area contributed by atoms with Crippen molar-refractivity contribution in [3.8, 4) is 0 Å². The fourth-order valence-corrected chi connectivity index (χ4v) is 9.12. The second-order valence-corrected chi connectivity index (χ2v) is 22.2. The molecule has 0 atom stereocenters. The number of hydrogen-bond acceptors (Lipinski definition) is 4. The van der Waals surface area contributed by atoms with E-state index >= 15 is 0 Å². The van der Waals surface area contributed by atoms with Crippen LogP contribution in [0.2, 0.25) is 0 Å². The minimum Gasteiger partial charge on any atom is -0.456 e. The first-order chi connectivity index (χ1) is 32.3. The molecule has 70 heavy (non-hydrogen) atoms. The van der Waals surface area contributed by atoms with Gasteiger partial charge in [-0.25, -0.2) is 0 Å². The van der Waals surface area contributed by atoms with Gasteiger partial charge in [0.25, 0.3) is 0 Å². The molecule has 0 radical (unpaired) electrons. The molecule has 8 aromatic carbocycles. The van der Waals surface area contributed by atoms with Gasteiger partial charge in [0.15, 0.2) is 0 Å². The fourth-order valence-electron chi connectivity index (χ4n) is 9.12. The molecule has 0 spiro atoms. The van der Waals surface area contributed by atoms with Crippen molar-refractivity contribution < 1.29 is 17.7 Å². The van der Waals surface area contributed by atoms with E-state index in [4.69, 9.17) is 17.7 Å². The van der Waals surface area contributed by atoms with Crippen LogP contribution < -0.4 is 0 Å². The van der Waals surface area contributed by atoms with Crippen molar-refractivity contribution >= 4 is 87.8 Å². The lowest BCUT2D eigenvalue weighted by Gasteiger charge is -2.19. The molecule has 4 heterocycles. The van der Waals surface area contributed by atoms with Crippen LogP contribution in [0.25, 0.3) is 87.8 Å². The van der Waals surface area contributed by atoms with E-state index in [9.17, 15) is 0 Å². The minimum atomic E-state index is 0. The third-order valence-electron chi connectivity index (χ3n) is 12.9. The zero-order chi connectivity index (χ0) is 48.2. The van der Waals surface area contributed by atoms with Crippen molar-refractivity contribution in [3.63, 3.8) is 0 Å². The fraction of sp³-hybridized carbons (Fsp3) is 0.273. The Bertz CT molecular complexity index is 3700. The summed E-state index contributed by atoms with van der Waals surface area (Å²) in [5.74, 6) is 0. The molecule has 4 nitrogen and oxygen atoms in total. The lowest BCUT2D eigenvalue weighted by molar-refractivity contribution is 0.573. The molecule has 0 aliphatic heterocycles. The zero-order valence-corrected chi connectivity index (χ0v) is 41.8. The van der Waals surface area contributed by atoms with Crippen molar-refractivity contribution in [1.82, 2.24) is 0 Å². The standard InChI is InChI=1S/4C16H16O.2CH4/c1-16(2,3)13-9-6-8-12-11-7-4-5-10-14(11)17-15(12)13;1-16(2,3)12-8-6-10-14-15(12)11-7-4-5-9-13(11)17-14;1-16(2,3)11-8-9-15-13(10-11)12-6-4-5-7-14(12)17-15;1-16(2,3)11-8-9-13-12-6-4-5-7-14(12)17-15(13)10-11;;/h4*4-10H,1-3H3;2*1H4. The molecule has 0 aliphatic carbocycles. The minimum absolute atomic E-state index is 0. The Hall–Kier alpha value is -7.04. The van der Waals surface area contributed by atoms with Crippen LogP contribution in [0.4, 0.5) is 0 Å². The number of furan rings is 4. The van der Waals surface area contributed by atoms with Crippen LogP contribution in [0.3, 0.4) is 0 Å². The highest BCUT2D eigenvalue weighted by molar-refractivity contribution is 6.08. The number of para-hydroxylation sites is 5. The van der Waals surface area contributed by atoms with E-state index in [1.807, 2.05) is 54.6 Å². The molecular formula is C66H72O4. The molecular weight excluding hydrogens is 857 g/mol. The molecule has 0 bridgehead atoms. The summed E-state index contributed by atoms with van der Waals surface area (Å²) in [7, 11) is 0. The molecule has 0 saturated carbocycles. The molecule has 4 heteroatoms. The molecule has 12 aromatic rings. The summed E-state index contributed by atoms with van der Waals surface area (Å²) in [5.41, 5.74) is 13.7. The molecule has 0 fully saturated rings. The Morgan fingerprint density at radius 3 is 1.20 bits per heavy atom. The Morgan fingerprint density at radius 1 is 0.257 bits per heavy atom. The van der Waals surface area contributed by atoms with Crippen LogP contribution in [0, 0.1) is 0 Å². The third kappa shape index (κ3) is 10.1. The predicted octanol–water partition coefficient (Wildman–Crippen LogP) is 20.8. The molecule has 0 unspecified atom stereocenters. The van der Waals surface area contributed by atoms with Gasteiger partial charge >= 0.3 is 0 Å². The van der Waals surface area contributed by atoms with Crippen LogP contribution in [0.5, 0.6) is 0 Å². The van der Waals surface area contributed by atoms with Crippen LogP contribution >= 0.6 is 0 Å². The summed E-state index contributed by atoms with van der Waals surface area (Å²) in [5, 5.41) is 9.71. The number of benzene rings is 8. The summed E-state index contributed by atoms with van der Waals surface area (Å²) < 4.78 is 23.6.